The Morgan fingerprint density at radius 1 is 1.58 bits per heavy atom. The monoisotopic (exact) mass is 301 g/mol. The lowest BCUT2D eigenvalue weighted by molar-refractivity contribution is -0.133. The average molecular weight is 302 g/mol. The second kappa shape index (κ2) is 6.68. The SMILES string of the molecule is CCC1CN(C(=O)Cc2nc(CCl)cs2)CCN1C. The highest BCUT2D eigenvalue weighted by molar-refractivity contribution is 7.09. The summed E-state index contributed by atoms with van der Waals surface area (Å²) in [4.78, 5) is 20.9. The van der Waals surface area contributed by atoms with Crippen LogP contribution in [0.2, 0.25) is 0 Å². The topological polar surface area (TPSA) is 36.4 Å². The van der Waals surface area contributed by atoms with Gasteiger partial charge in [0.25, 0.3) is 0 Å². The fourth-order valence-electron chi connectivity index (χ4n) is 2.35. The van der Waals surface area contributed by atoms with Gasteiger partial charge in [0.15, 0.2) is 0 Å². The Kier molecular flexibility index (Phi) is 5.19. The van der Waals surface area contributed by atoms with Crippen LogP contribution in [0.25, 0.3) is 0 Å². The van der Waals surface area contributed by atoms with Crippen LogP contribution in [-0.2, 0) is 17.1 Å². The van der Waals surface area contributed by atoms with Gasteiger partial charge in [0.2, 0.25) is 5.91 Å². The van der Waals surface area contributed by atoms with Gasteiger partial charge in [0.1, 0.15) is 5.01 Å². The number of aromatic nitrogens is 1. The number of nitrogens with zero attached hydrogens (tertiary/aromatic N) is 3. The van der Waals surface area contributed by atoms with Crippen molar-refractivity contribution in [1.82, 2.24) is 14.8 Å². The van der Waals surface area contributed by atoms with E-state index in [1.54, 1.807) is 0 Å². The summed E-state index contributed by atoms with van der Waals surface area (Å²) in [5.74, 6) is 0.596. The number of carbonyl (C=O) groups is 1. The maximum atomic E-state index is 12.3. The molecule has 1 aliphatic heterocycles. The van der Waals surface area contributed by atoms with Crippen molar-refractivity contribution in [3.05, 3.63) is 16.1 Å². The lowest BCUT2D eigenvalue weighted by Crippen LogP contribution is -2.53. The van der Waals surface area contributed by atoms with Crippen molar-refractivity contribution in [2.45, 2.75) is 31.7 Å². The molecule has 1 aliphatic rings. The lowest BCUT2D eigenvalue weighted by atomic mass is 10.1. The van der Waals surface area contributed by atoms with E-state index in [1.165, 1.54) is 11.3 Å². The van der Waals surface area contributed by atoms with Crippen LogP contribution in [0.15, 0.2) is 5.38 Å². The van der Waals surface area contributed by atoms with Crippen molar-refractivity contribution in [3.63, 3.8) is 0 Å². The first-order valence-electron chi connectivity index (χ1n) is 6.61. The Hall–Kier alpha value is -0.650. The van der Waals surface area contributed by atoms with Crippen LogP contribution in [0.4, 0.5) is 0 Å². The van der Waals surface area contributed by atoms with Crippen LogP contribution in [0.3, 0.4) is 0 Å². The Labute approximate surface area is 123 Å². The van der Waals surface area contributed by atoms with Gasteiger partial charge in [-0.15, -0.1) is 22.9 Å². The van der Waals surface area contributed by atoms with Crippen LogP contribution in [0, 0.1) is 0 Å². The lowest BCUT2D eigenvalue weighted by Gasteiger charge is -2.39. The zero-order chi connectivity index (χ0) is 13.8. The predicted molar refractivity (Wildman–Crippen MR) is 78.7 cm³/mol. The molecule has 6 heteroatoms. The van der Waals surface area contributed by atoms with E-state index in [-0.39, 0.29) is 5.91 Å². The van der Waals surface area contributed by atoms with Gasteiger partial charge in [0.05, 0.1) is 18.0 Å². The normalized spacial score (nSPS) is 20.8. The summed E-state index contributed by atoms with van der Waals surface area (Å²) < 4.78 is 0. The number of amides is 1. The van der Waals surface area contributed by atoms with E-state index in [1.807, 2.05) is 10.3 Å². The Morgan fingerprint density at radius 2 is 2.37 bits per heavy atom. The summed E-state index contributed by atoms with van der Waals surface area (Å²) in [6.07, 6.45) is 1.48. The molecule has 1 atom stereocenters. The predicted octanol–water partition coefficient (Wildman–Crippen LogP) is 1.98. The quantitative estimate of drug-likeness (QED) is 0.798. The van der Waals surface area contributed by atoms with Crippen LogP contribution in [0.5, 0.6) is 0 Å². The molecule has 0 aliphatic carbocycles. The van der Waals surface area contributed by atoms with Crippen molar-refractivity contribution < 1.29 is 4.79 Å². The molecule has 0 N–H and O–H groups in total. The first kappa shape index (κ1) is 14.8. The first-order valence-corrected chi connectivity index (χ1v) is 8.02. The number of hydrogen-bond donors (Lipinski definition) is 0. The van der Waals surface area contributed by atoms with E-state index in [4.69, 9.17) is 11.6 Å². The van der Waals surface area contributed by atoms with E-state index in [0.29, 0.717) is 18.3 Å². The molecule has 0 radical (unpaired) electrons. The molecule has 1 saturated heterocycles. The smallest absolute Gasteiger partial charge is 0.229 e. The zero-order valence-electron chi connectivity index (χ0n) is 11.4. The summed E-state index contributed by atoms with van der Waals surface area (Å²) in [6.45, 7) is 4.77. The minimum Gasteiger partial charge on any atom is -0.339 e. The average Bonchev–Trinajstić information content (AvgIpc) is 2.86. The minimum atomic E-state index is 0.182. The second-order valence-corrected chi connectivity index (χ2v) is 6.14. The van der Waals surface area contributed by atoms with Gasteiger partial charge in [-0.3, -0.25) is 9.69 Å². The van der Waals surface area contributed by atoms with Gasteiger partial charge in [-0.05, 0) is 13.5 Å². The highest BCUT2D eigenvalue weighted by atomic mass is 35.5. The molecule has 1 aromatic rings. The van der Waals surface area contributed by atoms with Crippen LogP contribution in [0.1, 0.15) is 24.0 Å². The van der Waals surface area contributed by atoms with Crippen LogP contribution < -0.4 is 0 Å². The Morgan fingerprint density at radius 3 is 3.00 bits per heavy atom. The molecule has 1 fully saturated rings. The fraction of sp³-hybridized carbons (Fsp3) is 0.692. The van der Waals surface area contributed by atoms with Crippen molar-refractivity contribution in [1.29, 1.82) is 0 Å². The summed E-state index contributed by atoms with van der Waals surface area (Å²) in [5, 5.41) is 2.79. The van der Waals surface area contributed by atoms with Crippen LogP contribution in [-0.4, -0.2) is 53.4 Å². The molecule has 1 unspecified atom stereocenters. The summed E-state index contributed by atoms with van der Waals surface area (Å²) in [6, 6.07) is 0.479. The summed E-state index contributed by atoms with van der Waals surface area (Å²) in [7, 11) is 2.13. The van der Waals surface area contributed by atoms with Gasteiger partial charge in [-0.25, -0.2) is 4.98 Å². The Bertz CT molecular complexity index is 437. The van der Waals surface area contributed by atoms with E-state index in [0.717, 1.165) is 36.8 Å². The van der Waals surface area contributed by atoms with E-state index in [9.17, 15) is 4.79 Å². The first-order chi connectivity index (χ1) is 9.13. The molecular formula is C13H20ClN3OS. The van der Waals surface area contributed by atoms with Gasteiger partial charge >= 0.3 is 0 Å². The molecule has 1 amide bonds. The molecule has 0 aromatic carbocycles. The largest absolute Gasteiger partial charge is 0.339 e. The van der Waals surface area contributed by atoms with Gasteiger partial charge in [-0.2, -0.15) is 0 Å². The van der Waals surface area contributed by atoms with Crippen molar-refractivity contribution >= 4 is 28.8 Å². The standard InChI is InChI=1S/C13H20ClN3OS/c1-3-11-8-17(5-4-16(11)2)13(18)6-12-15-10(7-14)9-19-12/h9,11H,3-8H2,1-2H3. The maximum Gasteiger partial charge on any atom is 0.229 e. The number of hydrogen-bond acceptors (Lipinski definition) is 4. The fourth-order valence-corrected chi connectivity index (χ4v) is 3.36. The highest BCUT2D eigenvalue weighted by Gasteiger charge is 2.26. The zero-order valence-corrected chi connectivity index (χ0v) is 13.0. The third-order valence-electron chi connectivity index (χ3n) is 3.64. The molecule has 2 rings (SSSR count). The number of likely N-dealkylation sites (N-methyl/N-ethyl adjacent to an activating group) is 1. The second-order valence-electron chi connectivity index (χ2n) is 4.93. The number of piperazine rings is 1. The molecule has 0 bridgehead atoms. The molecule has 0 spiro atoms. The van der Waals surface area contributed by atoms with Crippen molar-refractivity contribution in [2.24, 2.45) is 0 Å². The molecule has 0 saturated carbocycles. The number of alkyl halides is 1. The maximum absolute atomic E-state index is 12.3. The van der Waals surface area contributed by atoms with Crippen molar-refractivity contribution in [2.75, 3.05) is 26.7 Å². The number of halogens is 1. The van der Waals surface area contributed by atoms with E-state index < -0.39 is 0 Å². The molecule has 1 aromatic heterocycles. The van der Waals surface area contributed by atoms with Gasteiger partial charge in [-0.1, -0.05) is 6.92 Å². The molecule has 2 heterocycles. The highest BCUT2D eigenvalue weighted by Crippen LogP contribution is 2.15. The van der Waals surface area contributed by atoms with Crippen molar-refractivity contribution in [3.8, 4) is 0 Å². The van der Waals surface area contributed by atoms with E-state index in [2.05, 4.69) is 23.9 Å². The van der Waals surface area contributed by atoms with E-state index >= 15 is 0 Å². The number of thiazole rings is 1. The molecule has 4 nitrogen and oxygen atoms in total. The third-order valence-corrected chi connectivity index (χ3v) is 4.81. The molecule has 19 heavy (non-hydrogen) atoms. The third kappa shape index (κ3) is 3.68. The number of rotatable bonds is 4. The minimum absolute atomic E-state index is 0.182. The van der Waals surface area contributed by atoms with Crippen LogP contribution >= 0.6 is 22.9 Å². The van der Waals surface area contributed by atoms with Gasteiger partial charge < -0.3 is 4.90 Å². The number of carbonyl (C=O) groups excluding carboxylic acids is 1. The summed E-state index contributed by atoms with van der Waals surface area (Å²) in [5.41, 5.74) is 0.860. The Balaban J connectivity index is 1.92. The molecular weight excluding hydrogens is 282 g/mol. The summed E-state index contributed by atoms with van der Waals surface area (Å²) >= 11 is 7.24. The van der Waals surface area contributed by atoms with Gasteiger partial charge in [0, 0.05) is 31.1 Å². The molecule has 106 valence electrons.